The standard InChI is InChI=1S/C15H12F2O/c1-10-8-13(6-7-14(10)9-18)11-2-4-12(5-3-11)15(16)17/h2-9,15H,1H3. The molecule has 18 heavy (non-hydrogen) atoms. The summed E-state index contributed by atoms with van der Waals surface area (Å²) in [7, 11) is 0. The lowest BCUT2D eigenvalue weighted by molar-refractivity contribution is 0.112. The van der Waals surface area contributed by atoms with Crippen molar-refractivity contribution in [3.05, 3.63) is 59.2 Å². The molecule has 0 amide bonds. The number of alkyl halides is 2. The van der Waals surface area contributed by atoms with Gasteiger partial charge < -0.3 is 0 Å². The predicted octanol–water partition coefficient (Wildman–Crippen LogP) is 4.41. The van der Waals surface area contributed by atoms with E-state index in [1.807, 2.05) is 19.1 Å². The molecule has 2 aromatic rings. The number of benzene rings is 2. The summed E-state index contributed by atoms with van der Waals surface area (Å²) in [6, 6.07) is 11.6. The minimum Gasteiger partial charge on any atom is -0.298 e. The largest absolute Gasteiger partial charge is 0.298 e. The van der Waals surface area contributed by atoms with Crippen molar-refractivity contribution in [1.29, 1.82) is 0 Å². The molecule has 2 aromatic carbocycles. The maximum absolute atomic E-state index is 12.4. The summed E-state index contributed by atoms with van der Waals surface area (Å²) in [5.41, 5.74) is 3.31. The van der Waals surface area contributed by atoms with Crippen molar-refractivity contribution in [2.75, 3.05) is 0 Å². The molecular formula is C15H12F2O. The summed E-state index contributed by atoms with van der Waals surface area (Å²) in [5, 5.41) is 0. The van der Waals surface area contributed by atoms with Crippen molar-refractivity contribution in [1.82, 2.24) is 0 Å². The van der Waals surface area contributed by atoms with E-state index in [0.717, 1.165) is 23.0 Å². The van der Waals surface area contributed by atoms with Crippen LogP contribution in [0, 0.1) is 6.92 Å². The maximum Gasteiger partial charge on any atom is 0.263 e. The van der Waals surface area contributed by atoms with Crippen LogP contribution in [0.4, 0.5) is 8.78 Å². The first-order chi connectivity index (χ1) is 8.61. The van der Waals surface area contributed by atoms with Gasteiger partial charge in [-0.25, -0.2) is 8.78 Å². The molecule has 0 bridgehead atoms. The summed E-state index contributed by atoms with van der Waals surface area (Å²) in [4.78, 5) is 10.7. The van der Waals surface area contributed by atoms with Crippen LogP contribution in [0.15, 0.2) is 42.5 Å². The minimum absolute atomic E-state index is 0.0139. The van der Waals surface area contributed by atoms with Crippen molar-refractivity contribution in [2.45, 2.75) is 13.3 Å². The monoisotopic (exact) mass is 246 g/mol. The van der Waals surface area contributed by atoms with E-state index in [1.54, 1.807) is 18.2 Å². The van der Waals surface area contributed by atoms with E-state index in [2.05, 4.69) is 0 Å². The first kappa shape index (κ1) is 12.4. The fraction of sp³-hybridized carbons (Fsp3) is 0.133. The SMILES string of the molecule is Cc1cc(-c2ccc(C(F)F)cc2)ccc1C=O. The van der Waals surface area contributed by atoms with E-state index in [-0.39, 0.29) is 5.56 Å². The Morgan fingerprint density at radius 2 is 1.61 bits per heavy atom. The first-order valence-corrected chi connectivity index (χ1v) is 5.56. The summed E-state index contributed by atoms with van der Waals surface area (Å²) in [6.07, 6.45) is -1.64. The molecule has 0 saturated heterocycles. The van der Waals surface area contributed by atoms with Crippen LogP contribution in [0.2, 0.25) is 0 Å². The van der Waals surface area contributed by atoms with Gasteiger partial charge in [-0.2, -0.15) is 0 Å². The van der Waals surface area contributed by atoms with Gasteiger partial charge in [0.05, 0.1) is 0 Å². The minimum atomic E-state index is -2.45. The molecule has 92 valence electrons. The first-order valence-electron chi connectivity index (χ1n) is 5.56. The third-order valence-corrected chi connectivity index (χ3v) is 2.89. The van der Waals surface area contributed by atoms with Crippen LogP contribution < -0.4 is 0 Å². The Balaban J connectivity index is 2.36. The Bertz CT molecular complexity index is 559. The fourth-order valence-electron chi connectivity index (χ4n) is 1.81. The van der Waals surface area contributed by atoms with Gasteiger partial charge in [0, 0.05) is 11.1 Å². The molecule has 0 aliphatic carbocycles. The Morgan fingerprint density at radius 3 is 2.11 bits per heavy atom. The topological polar surface area (TPSA) is 17.1 Å². The molecule has 0 aromatic heterocycles. The van der Waals surface area contributed by atoms with E-state index in [4.69, 9.17) is 0 Å². The average Bonchev–Trinajstić information content (AvgIpc) is 2.38. The molecule has 0 heterocycles. The van der Waals surface area contributed by atoms with Gasteiger partial charge >= 0.3 is 0 Å². The zero-order valence-corrected chi connectivity index (χ0v) is 9.86. The molecule has 1 nitrogen and oxygen atoms in total. The van der Waals surface area contributed by atoms with Crippen LogP contribution in [0.3, 0.4) is 0 Å². The van der Waals surface area contributed by atoms with E-state index in [9.17, 15) is 13.6 Å². The van der Waals surface area contributed by atoms with Gasteiger partial charge in [-0.1, -0.05) is 42.5 Å². The van der Waals surface area contributed by atoms with Gasteiger partial charge in [-0.3, -0.25) is 4.79 Å². The second kappa shape index (κ2) is 5.08. The highest BCUT2D eigenvalue weighted by Crippen LogP contribution is 2.25. The van der Waals surface area contributed by atoms with Gasteiger partial charge in [0.25, 0.3) is 6.43 Å². The van der Waals surface area contributed by atoms with E-state index in [0.29, 0.717) is 5.56 Å². The Morgan fingerprint density at radius 1 is 1.00 bits per heavy atom. The Labute approximate surface area is 104 Å². The average molecular weight is 246 g/mol. The molecule has 0 aliphatic rings. The summed E-state index contributed by atoms with van der Waals surface area (Å²) < 4.78 is 24.9. The highest BCUT2D eigenvalue weighted by atomic mass is 19.3. The number of aryl methyl sites for hydroxylation is 1. The van der Waals surface area contributed by atoms with Gasteiger partial charge in [0.1, 0.15) is 6.29 Å². The molecule has 0 saturated carbocycles. The van der Waals surface area contributed by atoms with Crippen molar-refractivity contribution in [3.63, 3.8) is 0 Å². The quantitative estimate of drug-likeness (QED) is 0.733. The summed E-state index contributed by atoms with van der Waals surface area (Å²) in [6.45, 7) is 1.85. The van der Waals surface area contributed by atoms with Gasteiger partial charge in [0.15, 0.2) is 0 Å². The van der Waals surface area contributed by atoms with Crippen LogP contribution in [0.5, 0.6) is 0 Å². The van der Waals surface area contributed by atoms with Crippen LogP contribution in [-0.4, -0.2) is 6.29 Å². The smallest absolute Gasteiger partial charge is 0.263 e. The Kier molecular flexibility index (Phi) is 3.51. The molecule has 0 aliphatic heterocycles. The number of hydrogen-bond donors (Lipinski definition) is 0. The molecular weight excluding hydrogens is 234 g/mol. The second-order valence-corrected chi connectivity index (χ2v) is 4.11. The van der Waals surface area contributed by atoms with Crippen molar-refractivity contribution < 1.29 is 13.6 Å². The van der Waals surface area contributed by atoms with Crippen LogP contribution >= 0.6 is 0 Å². The van der Waals surface area contributed by atoms with Crippen LogP contribution in [-0.2, 0) is 0 Å². The van der Waals surface area contributed by atoms with Gasteiger partial charge in [0.2, 0.25) is 0 Å². The zero-order valence-electron chi connectivity index (χ0n) is 9.86. The van der Waals surface area contributed by atoms with Crippen molar-refractivity contribution in [2.24, 2.45) is 0 Å². The zero-order chi connectivity index (χ0) is 13.1. The maximum atomic E-state index is 12.4. The lowest BCUT2D eigenvalue weighted by Crippen LogP contribution is -1.88. The number of aldehydes is 1. The van der Waals surface area contributed by atoms with E-state index >= 15 is 0 Å². The van der Waals surface area contributed by atoms with Crippen molar-refractivity contribution in [3.8, 4) is 11.1 Å². The van der Waals surface area contributed by atoms with Crippen LogP contribution in [0.25, 0.3) is 11.1 Å². The summed E-state index contributed by atoms with van der Waals surface area (Å²) in [5.74, 6) is 0. The number of carbonyl (C=O) groups excluding carboxylic acids is 1. The molecule has 2 rings (SSSR count). The van der Waals surface area contributed by atoms with Gasteiger partial charge in [-0.05, 0) is 23.6 Å². The fourth-order valence-corrected chi connectivity index (χ4v) is 1.81. The molecule has 0 unspecified atom stereocenters. The van der Waals surface area contributed by atoms with E-state index in [1.165, 1.54) is 12.1 Å². The van der Waals surface area contributed by atoms with Gasteiger partial charge in [-0.15, -0.1) is 0 Å². The molecule has 0 spiro atoms. The van der Waals surface area contributed by atoms with Crippen LogP contribution in [0.1, 0.15) is 27.9 Å². The number of hydrogen-bond acceptors (Lipinski definition) is 1. The highest BCUT2D eigenvalue weighted by molar-refractivity contribution is 5.79. The van der Waals surface area contributed by atoms with E-state index < -0.39 is 6.43 Å². The molecule has 3 heteroatoms. The van der Waals surface area contributed by atoms with Crippen molar-refractivity contribution >= 4 is 6.29 Å². The molecule has 0 N–H and O–H groups in total. The molecule has 0 radical (unpaired) electrons. The third-order valence-electron chi connectivity index (χ3n) is 2.89. The number of halogens is 2. The molecule has 0 atom stereocenters. The Hall–Kier alpha value is -2.03. The lowest BCUT2D eigenvalue weighted by Gasteiger charge is -2.06. The summed E-state index contributed by atoms with van der Waals surface area (Å²) >= 11 is 0. The highest BCUT2D eigenvalue weighted by Gasteiger charge is 2.07. The lowest BCUT2D eigenvalue weighted by atomic mass is 9.99. The number of rotatable bonds is 3. The number of carbonyl (C=O) groups is 1. The second-order valence-electron chi connectivity index (χ2n) is 4.11. The molecule has 0 fully saturated rings. The predicted molar refractivity (Wildman–Crippen MR) is 67.0 cm³/mol. The normalized spacial score (nSPS) is 10.7. The third kappa shape index (κ3) is 2.45.